The van der Waals surface area contributed by atoms with E-state index < -0.39 is 0 Å². The Hall–Kier alpha value is -0.930. The van der Waals surface area contributed by atoms with E-state index in [1.165, 1.54) is 25.0 Å². The van der Waals surface area contributed by atoms with Crippen molar-refractivity contribution in [3.05, 3.63) is 35.6 Å². The molecule has 0 heterocycles. The number of rotatable bonds is 5. The fourth-order valence-corrected chi connectivity index (χ4v) is 1.62. The van der Waals surface area contributed by atoms with Gasteiger partial charge in [0.25, 0.3) is 0 Å². The van der Waals surface area contributed by atoms with Crippen molar-refractivity contribution in [3.63, 3.8) is 0 Å². The molecule has 1 saturated carbocycles. The predicted molar refractivity (Wildman–Crippen MR) is 57.3 cm³/mol. The summed E-state index contributed by atoms with van der Waals surface area (Å²) in [6.07, 6.45) is 2.48. The molecule has 2 nitrogen and oxygen atoms in total. The Morgan fingerprint density at radius 1 is 1.33 bits per heavy atom. The molecule has 1 aromatic carbocycles. The summed E-state index contributed by atoms with van der Waals surface area (Å²) in [6, 6.07) is 7.00. The van der Waals surface area contributed by atoms with Crippen LogP contribution in [0.2, 0.25) is 0 Å². The SMILES string of the molecule is OCC(CNC1CC1)c1ccc(F)cc1. The van der Waals surface area contributed by atoms with Crippen LogP contribution < -0.4 is 5.32 Å². The average molecular weight is 209 g/mol. The molecule has 0 saturated heterocycles. The smallest absolute Gasteiger partial charge is 0.123 e. The number of hydrogen-bond donors (Lipinski definition) is 2. The van der Waals surface area contributed by atoms with Crippen LogP contribution in [-0.4, -0.2) is 24.3 Å². The monoisotopic (exact) mass is 209 g/mol. The quantitative estimate of drug-likeness (QED) is 0.773. The van der Waals surface area contributed by atoms with E-state index in [1.54, 1.807) is 12.1 Å². The molecule has 1 aliphatic carbocycles. The van der Waals surface area contributed by atoms with Gasteiger partial charge in [-0.2, -0.15) is 0 Å². The molecule has 0 bridgehead atoms. The Kier molecular flexibility index (Phi) is 3.34. The van der Waals surface area contributed by atoms with Gasteiger partial charge in [-0.1, -0.05) is 12.1 Å². The van der Waals surface area contributed by atoms with Gasteiger partial charge in [-0.25, -0.2) is 4.39 Å². The van der Waals surface area contributed by atoms with E-state index in [-0.39, 0.29) is 18.3 Å². The summed E-state index contributed by atoms with van der Waals surface area (Å²) >= 11 is 0. The van der Waals surface area contributed by atoms with Gasteiger partial charge in [0.1, 0.15) is 5.82 Å². The Morgan fingerprint density at radius 2 is 2.00 bits per heavy atom. The van der Waals surface area contributed by atoms with Gasteiger partial charge in [-0.05, 0) is 30.5 Å². The van der Waals surface area contributed by atoms with E-state index in [0.29, 0.717) is 6.04 Å². The first-order valence-corrected chi connectivity index (χ1v) is 5.39. The third-order valence-corrected chi connectivity index (χ3v) is 2.79. The average Bonchev–Trinajstić information content (AvgIpc) is 3.05. The normalized spacial score (nSPS) is 17.7. The molecule has 0 aliphatic heterocycles. The first-order valence-electron chi connectivity index (χ1n) is 5.39. The van der Waals surface area contributed by atoms with Crippen molar-refractivity contribution in [2.75, 3.05) is 13.2 Å². The van der Waals surface area contributed by atoms with Crippen LogP contribution in [0, 0.1) is 5.82 Å². The summed E-state index contributed by atoms with van der Waals surface area (Å²) in [7, 11) is 0. The number of aliphatic hydroxyl groups is 1. The van der Waals surface area contributed by atoms with E-state index in [4.69, 9.17) is 0 Å². The van der Waals surface area contributed by atoms with E-state index in [2.05, 4.69) is 5.32 Å². The number of aliphatic hydroxyl groups excluding tert-OH is 1. The lowest BCUT2D eigenvalue weighted by Crippen LogP contribution is -2.25. The fraction of sp³-hybridized carbons (Fsp3) is 0.500. The topological polar surface area (TPSA) is 32.3 Å². The molecule has 1 aliphatic rings. The summed E-state index contributed by atoms with van der Waals surface area (Å²) < 4.78 is 12.7. The van der Waals surface area contributed by atoms with E-state index >= 15 is 0 Å². The minimum atomic E-state index is -0.231. The van der Waals surface area contributed by atoms with Gasteiger partial charge >= 0.3 is 0 Å². The summed E-state index contributed by atoms with van der Waals surface area (Å²) in [5, 5.41) is 12.6. The second-order valence-electron chi connectivity index (χ2n) is 4.11. The van der Waals surface area contributed by atoms with Crippen LogP contribution in [0.4, 0.5) is 4.39 Å². The zero-order valence-electron chi connectivity index (χ0n) is 8.62. The van der Waals surface area contributed by atoms with Crippen LogP contribution >= 0.6 is 0 Å². The molecule has 1 unspecified atom stereocenters. The van der Waals surface area contributed by atoms with Crippen molar-refractivity contribution in [1.82, 2.24) is 5.32 Å². The van der Waals surface area contributed by atoms with Crippen molar-refractivity contribution in [2.45, 2.75) is 24.8 Å². The second-order valence-corrected chi connectivity index (χ2v) is 4.11. The minimum absolute atomic E-state index is 0.0752. The number of nitrogens with one attached hydrogen (secondary N) is 1. The first kappa shape index (κ1) is 10.6. The van der Waals surface area contributed by atoms with E-state index in [9.17, 15) is 9.50 Å². The van der Waals surface area contributed by atoms with Gasteiger partial charge < -0.3 is 10.4 Å². The highest BCUT2D eigenvalue weighted by molar-refractivity contribution is 5.21. The van der Waals surface area contributed by atoms with Gasteiger partial charge in [0.2, 0.25) is 0 Å². The van der Waals surface area contributed by atoms with Crippen LogP contribution in [0.1, 0.15) is 24.3 Å². The van der Waals surface area contributed by atoms with E-state index in [1.807, 2.05) is 0 Å². The Labute approximate surface area is 89.1 Å². The summed E-state index contributed by atoms with van der Waals surface area (Å²) in [4.78, 5) is 0. The molecule has 0 spiro atoms. The summed E-state index contributed by atoms with van der Waals surface area (Å²) in [5.74, 6) is -0.156. The van der Waals surface area contributed by atoms with E-state index in [0.717, 1.165) is 12.1 Å². The third kappa shape index (κ3) is 3.01. The van der Waals surface area contributed by atoms with Crippen LogP contribution in [0.3, 0.4) is 0 Å². The van der Waals surface area contributed by atoms with Crippen molar-refractivity contribution in [2.24, 2.45) is 0 Å². The predicted octanol–water partition coefficient (Wildman–Crippen LogP) is 1.65. The molecule has 0 amide bonds. The van der Waals surface area contributed by atoms with Crippen molar-refractivity contribution < 1.29 is 9.50 Å². The van der Waals surface area contributed by atoms with Crippen LogP contribution in [0.5, 0.6) is 0 Å². The maximum absolute atomic E-state index is 12.7. The number of benzene rings is 1. The number of halogens is 1. The van der Waals surface area contributed by atoms with Crippen molar-refractivity contribution in [1.29, 1.82) is 0 Å². The van der Waals surface area contributed by atoms with Crippen LogP contribution in [-0.2, 0) is 0 Å². The van der Waals surface area contributed by atoms with Crippen molar-refractivity contribution in [3.8, 4) is 0 Å². The molecule has 1 fully saturated rings. The molecule has 82 valence electrons. The Bertz CT molecular complexity index is 308. The summed E-state index contributed by atoms with van der Waals surface area (Å²) in [6.45, 7) is 0.873. The van der Waals surface area contributed by atoms with Gasteiger partial charge in [-0.3, -0.25) is 0 Å². The molecule has 2 N–H and O–H groups in total. The highest BCUT2D eigenvalue weighted by Crippen LogP contribution is 2.21. The van der Waals surface area contributed by atoms with Crippen molar-refractivity contribution >= 4 is 0 Å². The van der Waals surface area contributed by atoms with Crippen LogP contribution in [0.15, 0.2) is 24.3 Å². The first-order chi connectivity index (χ1) is 7.29. The Morgan fingerprint density at radius 3 is 2.53 bits per heavy atom. The highest BCUT2D eigenvalue weighted by Gasteiger charge is 2.22. The standard InChI is InChI=1S/C12H16FNO/c13-11-3-1-9(2-4-11)10(8-15)7-14-12-5-6-12/h1-4,10,12,14-15H,5-8H2. The lowest BCUT2D eigenvalue weighted by atomic mass is 10.00. The molecular formula is C12H16FNO. The molecule has 3 heteroatoms. The minimum Gasteiger partial charge on any atom is -0.396 e. The maximum Gasteiger partial charge on any atom is 0.123 e. The lowest BCUT2D eigenvalue weighted by Gasteiger charge is -2.15. The zero-order chi connectivity index (χ0) is 10.7. The van der Waals surface area contributed by atoms with Gasteiger partial charge in [0, 0.05) is 18.5 Å². The Balaban J connectivity index is 1.94. The van der Waals surface area contributed by atoms with Gasteiger partial charge in [-0.15, -0.1) is 0 Å². The molecule has 15 heavy (non-hydrogen) atoms. The molecule has 1 aromatic rings. The molecule has 1 atom stereocenters. The fourth-order valence-electron chi connectivity index (χ4n) is 1.62. The zero-order valence-corrected chi connectivity index (χ0v) is 8.62. The summed E-state index contributed by atoms with van der Waals surface area (Å²) in [5.41, 5.74) is 0.993. The third-order valence-electron chi connectivity index (χ3n) is 2.79. The molecule has 2 rings (SSSR count). The maximum atomic E-state index is 12.7. The van der Waals surface area contributed by atoms with Gasteiger partial charge in [0.05, 0.1) is 6.61 Å². The number of hydrogen-bond acceptors (Lipinski definition) is 2. The molecule has 0 radical (unpaired) electrons. The highest BCUT2D eigenvalue weighted by atomic mass is 19.1. The molecular weight excluding hydrogens is 193 g/mol. The largest absolute Gasteiger partial charge is 0.396 e. The second kappa shape index (κ2) is 4.73. The molecule has 0 aromatic heterocycles. The van der Waals surface area contributed by atoms with Gasteiger partial charge in [0.15, 0.2) is 0 Å². The lowest BCUT2D eigenvalue weighted by molar-refractivity contribution is 0.261. The van der Waals surface area contributed by atoms with Crippen LogP contribution in [0.25, 0.3) is 0 Å².